The Morgan fingerprint density at radius 3 is 2.47 bits per heavy atom. The van der Waals surface area contributed by atoms with E-state index in [-0.39, 0.29) is 5.52 Å². The third-order valence-corrected chi connectivity index (χ3v) is 5.37. The number of hydrogen-bond donors (Lipinski definition) is 0. The normalized spacial score (nSPS) is 12.3. The van der Waals surface area contributed by atoms with Crippen LogP contribution in [-0.4, -0.2) is 44.0 Å². The third kappa shape index (κ3) is 4.98. The number of alkyl halides is 3. The van der Waals surface area contributed by atoms with Gasteiger partial charge in [0.15, 0.2) is 5.82 Å². The molecule has 0 aliphatic heterocycles. The number of aryl methyl sites for hydroxylation is 1. The minimum absolute atomic E-state index is 0.175. The van der Waals surface area contributed by atoms with Gasteiger partial charge in [0.2, 0.25) is 0 Å². The molecule has 0 atom stereocenters. The molecule has 0 aliphatic rings. The van der Waals surface area contributed by atoms with Crippen LogP contribution in [0.1, 0.15) is 33.4 Å². The zero-order valence-corrected chi connectivity index (χ0v) is 19.4. The lowest BCUT2D eigenvalue weighted by molar-refractivity contribution is -0.141. The second-order valence-corrected chi connectivity index (χ2v) is 9.37. The molecule has 0 N–H and O–H groups in total. The Bertz CT molecular complexity index is 1150. The Labute approximate surface area is 188 Å². The Morgan fingerprint density at radius 2 is 1.88 bits per heavy atom. The van der Waals surface area contributed by atoms with Crippen molar-refractivity contribution in [1.29, 1.82) is 0 Å². The highest BCUT2D eigenvalue weighted by Gasteiger charge is 2.33. The first kappa shape index (κ1) is 23.8. The predicted octanol–water partition coefficient (Wildman–Crippen LogP) is 5.53. The zero-order chi connectivity index (χ0) is 23.8. The summed E-state index contributed by atoms with van der Waals surface area (Å²) in [4.78, 5) is 26.9. The second-order valence-electron chi connectivity index (χ2n) is 8.06. The number of nitrogens with zero attached hydrogens (tertiary/aromatic N) is 5. The number of hydrogen-bond acceptors (Lipinski definition) is 6. The van der Waals surface area contributed by atoms with Crippen molar-refractivity contribution in [3.63, 3.8) is 0 Å². The highest BCUT2D eigenvalue weighted by atomic mass is 32.2. The first-order chi connectivity index (χ1) is 14.8. The van der Waals surface area contributed by atoms with E-state index in [0.717, 1.165) is 22.9 Å². The van der Waals surface area contributed by atoms with Gasteiger partial charge >= 0.3 is 12.3 Å². The number of aromatic nitrogens is 4. The summed E-state index contributed by atoms with van der Waals surface area (Å²) >= 11 is 1.49. The molecule has 0 unspecified atom stereocenters. The number of halogens is 3. The highest BCUT2D eigenvalue weighted by Crippen LogP contribution is 2.35. The fourth-order valence-corrected chi connectivity index (χ4v) is 3.74. The van der Waals surface area contributed by atoms with E-state index in [0.29, 0.717) is 22.7 Å². The maximum atomic E-state index is 13.0. The van der Waals surface area contributed by atoms with Gasteiger partial charge in [-0.15, -0.1) is 11.8 Å². The van der Waals surface area contributed by atoms with Crippen LogP contribution >= 0.6 is 11.8 Å². The van der Waals surface area contributed by atoms with Crippen molar-refractivity contribution in [3.8, 4) is 11.5 Å². The van der Waals surface area contributed by atoms with Crippen LogP contribution in [0.4, 0.5) is 23.7 Å². The molecular weight excluding hydrogens is 443 g/mol. The molecule has 7 nitrogen and oxygen atoms in total. The number of carbonyl (C=O) groups is 1. The van der Waals surface area contributed by atoms with Crippen molar-refractivity contribution in [2.75, 3.05) is 17.7 Å². The molecule has 0 spiro atoms. The Hall–Kier alpha value is -2.82. The van der Waals surface area contributed by atoms with Crippen molar-refractivity contribution in [3.05, 3.63) is 30.2 Å². The first-order valence-electron chi connectivity index (χ1n) is 9.81. The molecule has 0 aliphatic carbocycles. The molecule has 0 fully saturated rings. The molecule has 3 aromatic rings. The summed E-state index contributed by atoms with van der Waals surface area (Å²) in [7, 11) is 3.28. The lowest BCUT2D eigenvalue weighted by atomic mass is 10.2. The maximum absolute atomic E-state index is 13.0. The van der Waals surface area contributed by atoms with E-state index in [4.69, 9.17) is 4.74 Å². The summed E-state index contributed by atoms with van der Waals surface area (Å²) in [5, 5.41) is 0. The smallest absolute Gasteiger partial charge is 0.433 e. The fourth-order valence-electron chi connectivity index (χ4n) is 2.94. The Balaban J connectivity index is 2.05. The number of thioether (sulfide) groups is 1. The van der Waals surface area contributed by atoms with Crippen molar-refractivity contribution < 1.29 is 22.7 Å². The number of fused-ring (bicyclic) bond motifs is 1. The Kier molecular flexibility index (Phi) is 6.41. The Morgan fingerprint density at radius 1 is 1.19 bits per heavy atom. The van der Waals surface area contributed by atoms with Crippen molar-refractivity contribution >= 4 is 34.6 Å². The molecule has 0 saturated carbocycles. The van der Waals surface area contributed by atoms with Crippen LogP contribution in [0.3, 0.4) is 0 Å². The number of imidazole rings is 1. The van der Waals surface area contributed by atoms with E-state index in [1.165, 1.54) is 22.9 Å². The van der Waals surface area contributed by atoms with Gasteiger partial charge in [-0.3, -0.25) is 4.90 Å². The maximum Gasteiger partial charge on any atom is 0.433 e. The predicted molar refractivity (Wildman–Crippen MR) is 118 cm³/mol. The van der Waals surface area contributed by atoms with Gasteiger partial charge in [0.1, 0.15) is 17.0 Å². The molecule has 11 heteroatoms. The van der Waals surface area contributed by atoms with E-state index in [9.17, 15) is 18.0 Å². The summed E-state index contributed by atoms with van der Waals surface area (Å²) < 4.78 is 46.2. The summed E-state index contributed by atoms with van der Waals surface area (Å²) in [6.07, 6.45) is -2.40. The molecular formula is C21H24F3N5O2S. The van der Waals surface area contributed by atoms with Crippen LogP contribution in [-0.2, 0) is 18.0 Å². The third-order valence-electron chi connectivity index (χ3n) is 4.46. The molecule has 32 heavy (non-hydrogen) atoms. The van der Waals surface area contributed by atoms with Gasteiger partial charge in [0.05, 0.1) is 29.1 Å². The van der Waals surface area contributed by atoms with Crippen molar-refractivity contribution in [2.45, 2.75) is 44.4 Å². The second kappa shape index (κ2) is 8.61. The van der Waals surface area contributed by atoms with Gasteiger partial charge in [-0.1, -0.05) is 6.92 Å². The van der Waals surface area contributed by atoms with Gasteiger partial charge in [0, 0.05) is 19.0 Å². The van der Waals surface area contributed by atoms with Crippen LogP contribution < -0.4 is 4.90 Å². The fraction of sp³-hybridized carbons (Fsp3) is 0.429. The highest BCUT2D eigenvalue weighted by molar-refractivity contribution is 7.99. The number of amides is 1. The van der Waals surface area contributed by atoms with E-state index in [1.54, 1.807) is 45.5 Å². The van der Waals surface area contributed by atoms with E-state index in [2.05, 4.69) is 15.0 Å². The van der Waals surface area contributed by atoms with Crippen molar-refractivity contribution in [2.24, 2.45) is 7.05 Å². The molecule has 0 saturated heterocycles. The molecule has 172 valence electrons. The van der Waals surface area contributed by atoms with Crippen LogP contribution in [0.15, 0.2) is 29.4 Å². The molecule has 3 rings (SSSR count). The number of carbonyl (C=O) groups excluding carboxylic acids is 1. The number of ether oxygens (including phenoxy) is 1. The molecule has 3 aromatic heterocycles. The first-order valence-corrected chi connectivity index (χ1v) is 10.8. The van der Waals surface area contributed by atoms with Gasteiger partial charge < -0.3 is 9.30 Å². The molecule has 3 heterocycles. The van der Waals surface area contributed by atoms with Gasteiger partial charge in [-0.2, -0.15) is 13.2 Å². The molecule has 1 amide bonds. The molecule has 0 bridgehead atoms. The van der Waals surface area contributed by atoms with Gasteiger partial charge in [-0.05, 0) is 38.7 Å². The van der Waals surface area contributed by atoms with Crippen molar-refractivity contribution in [1.82, 2.24) is 19.5 Å². The minimum atomic E-state index is -4.55. The molecule has 0 aromatic carbocycles. The zero-order valence-electron chi connectivity index (χ0n) is 18.6. The lowest BCUT2D eigenvalue weighted by Crippen LogP contribution is -2.34. The standard InChI is InChI=1S/C21H24F3N5O2S/c1-7-32-15-8-12(28(5)19(30)31-20(2,3)4)10-26-17(15)18-27-13-9-16(21(22,23)24)25-11-14(13)29(18)6/h8-11H,7H2,1-6H3. The van der Waals surface area contributed by atoms with E-state index >= 15 is 0 Å². The van der Waals surface area contributed by atoms with Crippen LogP contribution in [0, 0.1) is 0 Å². The monoisotopic (exact) mass is 467 g/mol. The van der Waals surface area contributed by atoms with E-state index < -0.39 is 23.6 Å². The summed E-state index contributed by atoms with van der Waals surface area (Å²) in [6, 6.07) is 2.72. The average molecular weight is 468 g/mol. The number of rotatable bonds is 4. The number of pyridine rings is 2. The van der Waals surface area contributed by atoms with Gasteiger partial charge in [-0.25, -0.2) is 19.7 Å². The quantitative estimate of drug-likeness (QED) is 0.470. The number of anilines is 1. The van der Waals surface area contributed by atoms with Crippen LogP contribution in [0.5, 0.6) is 0 Å². The van der Waals surface area contributed by atoms with Crippen LogP contribution in [0.25, 0.3) is 22.6 Å². The average Bonchev–Trinajstić information content (AvgIpc) is 3.01. The molecule has 0 radical (unpaired) electrons. The van der Waals surface area contributed by atoms with Crippen LogP contribution in [0.2, 0.25) is 0 Å². The topological polar surface area (TPSA) is 73.1 Å². The summed E-state index contributed by atoms with van der Waals surface area (Å²) in [5.41, 5.74) is 0.0197. The largest absolute Gasteiger partial charge is 0.443 e. The SMILES string of the molecule is CCSc1cc(N(C)C(=O)OC(C)(C)C)cnc1-c1nc2cc(C(F)(F)F)ncc2n1C. The lowest BCUT2D eigenvalue weighted by Gasteiger charge is -2.25. The minimum Gasteiger partial charge on any atom is -0.443 e. The van der Waals surface area contributed by atoms with E-state index in [1.807, 2.05) is 6.92 Å². The van der Waals surface area contributed by atoms with Gasteiger partial charge in [0.25, 0.3) is 0 Å². The summed E-state index contributed by atoms with van der Waals surface area (Å²) in [6.45, 7) is 7.31. The summed E-state index contributed by atoms with van der Waals surface area (Å²) in [5.74, 6) is 1.13.